The third-order valence-electron chi connectivity index (χ3n) is 4.10. The van der Waals surface area contributed by atoms with Crippen molar-refractivity contribution < 1.29 is 18.3 Å². The molecule has 6 nitrogen and oxygen atoms in total. The number of ether oxygens (including phenoxy) is 2. The van der Waals surface area contributed by atoms with Crippen LogP contribution < -0.4 is 9.47 Å². The highest BCUT2D eigenvalue weighted by atomic mass is 35.5. The standard InChI is InChI=1S/C22H17ClFN3O3S/c1-14(20-26-27-22(30-20)31-13-15-5-3-2-4-6-15)28-17-7-9-18(10-8-17)29-21-19(24)11-16(23)12-25-21/h2-12,14H,13H2,1H3/t14-/m1/s1. The van der Waals surface area contributed by atoms with E-state index in [-0.39, 0.29) is 10.9 Å². The van der Waals surface area contributed by atoms with Gasteiger partial charge in [0.1, 0.15) is 11.5 Å². The first kappa shape index (κ1) is 21.1. The predicted octanol–water partition coefficient (Wildman–Crippen LogP) is 6.48. The maximum Gasteiger partial charge on any atom is 0.277 e. The average molecular weight is 458 g/mol. The van der Waals surface area contributed by atoms with Gasteiger partial charge in [0.25, 0.3) is 17.0 Å². The first-order chi connectivity index (χ1) is 15.1. The molecular formula is C22H17ClFN3O3S. The number of rotatable bonds is 8. The Morgan fingerprint density at radius 2 is 1.81 bits per heavy atom. The van der Waals surface area contributed by atoms with E-state index in [0.717, 1.165) is 11.8 Å². The van der Waals surface area contributed by atoms with Gasteiger partial charge in [0.05, 0.1) is 5.02 Å². The average Bonchev–Trinajstić information content (AvgIpc) is 3.26. The molecule has 158 valence electrons. The minimum Gasteiger partial charge on any atom is -0.481 e. The molecule has 0 aliphatic carbocycles. The molecule has 31 heavy (non-hydrogen) atoms. The molecule has 0 spiro atoms. The lowest BCUT2D eigenvalue weighted by molar-refractivity contribution is 0.181. The molecule has 0 aliphatic heterocycles. The highest BCUT2D eigenvalue weighted by Gasteiger charge is 2.16. The van der Waals surface area contributed by atoms with Crippen molar-refractivity contribution in [1.82, 2.24) is 15.2 Å². The molecule has 9 heteroatoms. The molecule has 2 aromatic carbocycles. The number of benzene rings is 2. The molecule has 1 atom stereocenters. The van der Waals surface area contributed by atoms with Crippen LogP contribution in [0.2, 0.25) is 5.02 Å². The molecule has 0 bridgehead atoms. The molecule has 2 heterocycles. The Kier molecular flexibility index (Phi) is 6.69. The van der Waals surface area contributed by atoms with E-state index in [9.17, 15) is 4.39 Å². The molecule has 0 aliphatic rings. The number of hydrogen-bond donors (Lipinski definition) is 0. The van der Waals surface area contributed by atoms with E-state index in [2.05, 4.69) is 15.2 Å². The Balaban J connectivity index is 1.33. The summed E-state index contributed by atoms with van der Waals surface area (Å²) in [5, 5.41) is 8.81. The number of aromatic nitrogens is 3. The Labute approximate surface area is 187 Å². The van der Waals surface area contributed by atoms with E-state index >= 15 is 0 Å². The zero-order chi connectivity index (χ0) is 21.6. The van der Waals surface area contributed by atoms with Gasteiger partial charge in [0.15, 0.2) is 11.9 Å². The third kappa shape index (κ3) is 5.74. The van der Waals surface area contributed by atoms with Gasteiger partial charge < -0.3 is 13.9 Å². The summed E-state index contributed by atoms with van der Waals surface area (Å²) in [5.74, 6) is 1.30. The van der Waals surface area contributed by atoms with Gasteiger partial charge in [-0.1, -0.05) is 53.7 Å². The summed E-state index contributed by atoms with van der Waals surface area (Å²) in [6.45, 7) is 1.82. The second kappa shape index (κ2) is 9.80. The maximum atomic E-state index is 13.8. The van der Waals surface area contributed by atoms with E-state index < -0.39 is 11.9 Å². The van der Waals surface area contributed by atoms with E-state index in [4.69, 9.17) is 25.5 Å². The van der Waals surface area contributed by atoms with Crippen molar-refractivity contribution in [1.29, 1.82) is 0 Å². The number of halogens is 2. The number of nitrogens with zero attached hydrogens (tertiary/aromatic N) is 3. The fraction of sp³-hybridized carbons (Fsp3) is 0.136. The Morgan fingerprint density at radius 1 is 1.06 bits per heavy atom. The van der Waals surface area contributed by atoms with Crippen LogP contribution >= 0.6 is 23.4 Å². The smallest absolute Gasteiger partial charge is 0.277 e. The first-order valence-corrected chi connectivity index (χ1v) is 10.7. The van der Waals surface area contributed by atoms with Crippen LogP contribution in [0, 0.1) is 5.82 Å². The van der Waals surface area contributed by atoms with Gasteiger partial charge in [-0.3, -0.25) is 0 Å². The zero-order valence-electron chi connectivity index (χ0n) is 16.4. The highest BCUT2D eigenvalue weighted by Crippen LogP contribution is 2.29. The summed E-state index contributed by atoms with van der Waals surface area (Å²) in [6, 6.07) is 17.9. The second-order valence-electron chi connectivity index (χ2n) is 6.45. The van der Waals surface area contributed by atoms with Gasteiger partial charge >= 0.3 is 0 Å². The van der Waals surface area contributed by atoms with E-state index in [1.54, 1.807) is 24.3 Å². The van der Waals surface area contributed by atoms with Crippen molar-refractivity contribution in [3.05, 3.63) is 89.2 Å². The maximum absolute atomic E-state index is 13.8. The van der Waals surface area contributed by atoms with Crippen molar-refractivity contribution in [2.75, 3.05) is 0 Å². The third-order valence-corrected chi connectivity index (χ3v) is 5.20. The van der Waals surface area contributed by atoms with Crippen LogP contribution in [-0.4, -0.2) is 15.2 Å². The lowest BCUT2D eigenvalue weighted by atomic mass is 10.2. The van der Waals surface area contributed by atoms with Crippen LogP contribution in [-0.2, 0) is 5.75 Å². The van der Waals surface area contributed by atoms with Crippen molar-refractivity contribution >= 4 is 23.4 Å². The highest BCUT2D eigenvalue weighted by molar-refractivity contribution is 7.98. The van der Waals surface area contributed by atoms with Crippen LogP contribution in [0.3, 0.4) is 0 Å². The summed E-state index contributed by atoms with van der Waals surface area (Å²) in [5.41, 5.74) is 1.17. The zero-order valence-corrected chi connectivity index (χ0v) is 17.9. The lowest BCUT2D eigenvalue weighted by Crippen LogP contribution is -2.03. The Bertz CT molecular complexity index is 1140. The summed E-state index contributed by atoms with van der Waals surface area (Å²) in [7, 11) is 0. The van der Waals surface area contributed by atoms with Crippen molar-refractivity contribution in [2.45, 2.75) is 24.0 Å². The Hall–Kier alpha value is -3.10. The van der Waals surface area contributed by atoms with Crippen LogP contribution in [0.4, 0.5) is 4.39 Å². The minimum atomic E-state index is -0.640. The SMILES string of the molecule is C[C@@H](Oc1ccc(Oc2ncc(Cl)cc2F)cc1)c1nnc(SCc2ccccc2)o1. The normalized spacial score (nSPS) is 11.8. The summed E-state index contributed by atoms with van der Waals surface area (Å²) < 4.78 is 30.8. The minimum absolute atomic E-state index is 0.155. The molecule has 4 aromatic rings. The number of thioether (sulfide) groups is 1. The van der Waals surface area contributed by atoms with E-state index in [0.29, 0.717) is 22.6 Å². The quantitative estimate of drug-likeness (QED) is 0.280. The van der Waals surface area contributed by atoms with Crippen LogP contribution in [0.1, 0.15) is 24.5 Å². The number of hydrogen-bond acceptors (Lipinski definition) is 7. The van der Waals surface area contributed by atoms with Gasteiger partial charge in [-0.25, -0.2) is 9.37 Å². The molecular weight excluding hydrogens is 441 g/mol. The monoisotopic (exact) mass is 457 g/mol. The van der Waals surface area contributed by atoms with Crippen molar-refractivity contribution in [3.63, 3.8) is 0 Å². The van der Waals surface area contributed by atoms with Gasteiger partial charge in [-0.2, -0.15) is 0 Å². The van der Waals surface area contributed by atoms with Crippen LogP contribution in [0.15, 0.2) is 76.5 Å². The molecule has 0 saturated heterocycles. The van der Waals surface area contributed by atoms with Gasteiger partial charge in [-0.15, -0.1) is 10.2 Å². The fourth-order valence-corrected chi connectivity index (χ4v) is 3.46. The van der Waals surface area contributed by atoms with E-state index in [1.165, 1.54) is 23.5 Å². The molecule has 0 saturated carbocycles. The lowest BCUT2D eigenvalue weighted by Gasteiger charge is -2.11. The predicted molar refractivity (Wildman–Crippen MR) is 115 cm³/mol. The molecule has 0 fully saturated rings. The van der Waals surface area contributed by atoms with Gasteiger partial charge in [-0.05, 0) is 42.8 Å². The van der Waals surface area contributed by atoms with Crippen molar-refractivity contribution in [2.24, 2.45) is 0 Å². The van der Waals surface area contributed by atoms with E-state index in [1.807, 2.05) is 37.3 Å². The van der Waals surface area contributed by atoms with Crippen LogP contribution in [0.25, 0.3) is 0 Å². The largest absolute Gasteiger partial charge is 0.481 e. The molecule has 4 rings (SSSR count). The fourth-order valence-electron chi connectivity index (χ4n) is 2.59. The summed E-state index contributed by atoms with van der Waals surface area (Å²) in [4.78, 5) is 3.83. The van der Waals surface area contributed by atoms with Crippen LogP contribution in [0.5, 0.6) is 17.4 Å². The molecule has 0 amide bonds. The first-order valence-electron chi connectivity index (χ1n) is 9.32. The molecule has 0 unspecified atom stereocenters. The van der Waals surface area contributed by atoms with Gasteiger partial charge in [0, 0.05) is 11.9 Å². The number of pyridine rings is 1. The summed E-state index contributed by atoms with van der Waals surface area (Å²) >= 11 is 7.16. The second-order valence-corrected chi connectivity index (χ2v) is 7.82. The topological polar surface area (TPSA) is 70.3 Å². The van der Waals surface area contributed by atoms with Crippen molar-refractivity contribution in [3.8, 4) is 17.4 Å². The van der Waals surface area contributed by atoms with Gasteiger partial charge in [0.2, 0.25) is 0 Å². The molecule has 0 N–H and O–H groups in total. The summed E-state index contributed by atoms with van der Waals surface area (Å²) in [6.07, 6.45) is 0.872. The Morgan fingerprint density at radius 3 is 2.55 bits per heavy atom. The molecule has 0 radical (unpaired) electrons. The molecule has 2 aromatic heterocycles.